The van der Waals surface area contributed by atoms with Crippen LogP contribution in [0.5, 0.6) is 0 Å². The van der Waals surface area contributed by atoms with Crippen molar-refractivity contribution in [1.29, 1.82) is 0 Å². The number of aryl methyl sites for hydroxylation is 2. The van der Waals surface area contributed by atoms with Crippen LogP contribution in [0.4, 0.5) is 4.79 Å². The number of carbonyl (C=O) groups excluding carboxylic acids is 5. The van der Waals surface area contributed by atoms with Gasteiger partial charge in [-0.15, -0.1) is 0 Å². The van der Waals surface area contributed by atoms with Gasteiger partial charge in [0.05, 0.1) is 13.0 Å². The Morgan fingerprint density at radius 2 is 1.70 bits per heavy atom. The van der Waals surface area contributed by atoms with Gasteiger partial charge in [-0.3, -0.25) is 19.2 Å². The molecule has 4 amide bonds. The second-order valence-electron chi connectivity index (χ2n) is 10.8. The minimum atomic E-state index is -1.18. The van der Waals surface area contributed by atoms with Gasteiger partial charge in [0.15, 0.2) is 0 Å². The largest absolute Gasteiger partial charge is 0.466 e. The van der Waals surface area contributed by atoms with Crippen molar-refractivity contribution in [2.75, 3.05) is 13.2 Å². The number of esters is 1. The standard InChI is InChI=1S/C29H46N4O7/c1-9-20(5)33(27(37)22(13-14-23(30)34)32-28(38)40-29(6,7)8)25(21-12-11-18(3)17-19(21)4)26(36)31-16-15-24(35)39-10-2/h11-12,17,20,22,25H,9-10,13-16H2,1-8H3,(H2,30,34)(H,31,36)(H,32,38). The molecule has 0 bridgehead atoms. The molecule has 0 fully saturated rings. The van der Waals surface area contributed by atoms with E-state index in [0.717, 1.165) is 11.1 Å². The SMILES string of the molecule is CCOC(=O)CCNC(=O)C(c1ccc(C)cc1C)N(C(=O)C(CCC(N)=O)NC(=O)OC(C)(C)C)C(C)CC. The van der Waals surface area contributed by atoms with Gasteiger partial charge in [-0.25, -0.2) is 4.79 Å². The summed E-state index contributed by atoms with van der Waals surface area (Å²) in [4.78, 5) is 65.5. The molecule has 0 aliphatic carbocycles. The summed E-state index contributed by atoms with van der Waals surface area (Å²) in [5.74, 6) is -2.14. The Labute approximate surface area is 237 Å². The highest BCUT2D eigenvalue weighted by Crippen LogP contribution is 2.29. The second-order valence-corrected chi connectivity index (χ2v) is 10.8. The smallest absolute Gasteiger partial charge is 0.408 e. The first kappa shape index (κ1) is 34.4. The zero-order valence-corrected chi connectivity index (χ0v) is 25.1. The number of nitrogens with zero attached hydrogens (tertiary/aromatic N) is 1. The number of hydrogen-bond acceptors (Lipinski definition) is 7. The van der Waals surface area contributed by atoms with Crippen LogP contribution in [0.15, 0.2) is 18.2 Å². The molecular formula is C29H46N4O7. The third kappa shape index (κ3) is 11.2. The average molecular weight is 563 g/mol. The number of primary amides is 1. The molecule has 11 nitrogen and oxygen atoms in total. The van der Waals surface area contributed by atoms with E-state index in [1.807, 2.05) is 32.9 Å². The number of ether oxygens (including phenoxy) is 2. The fraction of sp³-hybridized carbons (Fsp3) is 0.621. The van der Waals surface area contributed by atoms with Crippen molar-refractivity contribution in [3.8, 4) is 0 Å². The van der Waals surface area contributed by atoms with Crippen LogP contribution in [0.2, 0.25) is 0 Å². The van der Waals surface area contributed by atoms with Crippen LogP contribution in [0.3, 0.4) is 0 Å². The quantitative estimate of drug-likeness (QED) is 0.294. The lowest BCUT2D eigenvalue weighted by atomic mass is 9.94. The van der Waals surface area contributed by atoms with Gasteiger partial charge in [0.2, 0.25) is 17.7 Å². The minimum Gasteiger partial charge on any atom is -0.466 e. The molecular weight excluding hydrogens is 516 g/mol. The number of rotatable bonds is 14. The summed E-state index contributed by atoms with van der Waals surface area (Å²) in [7, 11) is 0. The average Bonchev–Trinajstić information content (AvgIpc) is 2.83. The lowest BCUT2D eigenvalue weighted by Crippen LogP contribution is -2.55. The van der Waals surface area contributed by atoms with Crippen LogP contribution >= 0.6 is 0 Å². The van der Waals surface area contributed by atoms with E-state index in [4.69, 9.17) is 15.2 Å². The highest BCUT2D eigenvalue weighted by molar-refractivity contribution is 5.93. The lowest BCUT2D eigenvalue weighted by molar-refractivity contribution is -0.146. The number of alkyl carbamates (subject to hydrolysis) is 1. The van der Waals surface area contributed by atoms with Gasteiger partial charge in [-0.1, -0.05) is 30.7 Å². The van der Waals surface area contributed by atoms with Gasteiger partial charge in [0.25, 0.3) is 0 Å². The Morgan fingerprint density at radius 3 is 2.23 bits per heavy atom. The second kappa shape index (κ2) is 15.8. The fourth-order valence-corrected chi connectivity index (χ4v) is 4.14. The van der Waals surface area contributed by atoms with E-state index in [0.29, 0.717) is 12.0 Å². The Morgan fingerprint density at radius 1 is 1.05 bits per heavy atom. The van der Waals surface area contributed by atoms with Crippen molar-refractivity contribution in [3.63, 3.8) is 0 Å². The zero-order valence-electron chi connectivity index (χ0n) is 25.1. The van der Waals surface area contributed by atoms with Crippen LogP contribution < -0.4 is 16.4 Å². The van der Waals surface area contributed by atoms with Crippen molar-refractivity contribution >= 4 is 29.8 Å². The maximum absolute atomic E-state index is 14.2. The van der Waals surface area contributed by atoms with Crippen molar-refractivity contribution < 1.29 is 33.4 Å². The normalized spacial score (nSPS) is 13.4. The van der Waals surface area contributed by atoms with Crippen LogP contribution in [0.25, 0.3) is 0 Å². The van der Waals surface area contributed by atoms with Crippen LogP contribution in [0.1, 0.15) is 90.0 Å². The Kier molecular flexibility index (Phi) is 13.6. The highest BCUT2D eigenvalue weighted by atomic mass is 16.6. The monoisotopic (exact) mass is 562 g/mol. The van der Waals surface area contributed by atoms with Crippen LogP contribution in [-0.2, 0) is 28.7 Å². The molecule has 224 valence electrons. The summed E-state index contributed by atoms with van der Waals surface area (Å²) in [6.07, 6.45) is -0.609. The molecule has 1 rings (SSSR count). The van der Waals surface area contributed by atoms with E-state index < -0.39 is 53.5 Å². The molecule has 1 aromatic rings. The zero-order chi connectivity index (χ0) is 30.6. The van der Waals surface area contributed by atoms with E-state index in [9.17, 15) is 24.0 Å². The third-order valence-corrected chi connectivity index (χ3v) is 6.17. The molecule has 0 aromatic heterocycles. The summed E-state index contributed by atoms with van der Waals surface area (Å²) in [5, 5.41) is 5.34. The lowest BCUT2D eigenvalue weighted by Gasteiger charge is -2.38. The molecule has 0 saturated heterocycles. The Bertz CT molecular complexity index is 1050. The van der Waals surface area contributed by atoms with E-state index >= 15 is 0 Å². The fourth-order valence-electron chi connectivity index (χ4n) is 4.14. The number of benzene rings is 1. The minimum absolute atomic E-state index is 0.0167. The Balaban J connectivity index is 3.54. The molecule has 11 heteroatoms. The number of nitrogens with two attached hydrogens (primary N) is 1. The van der Waals surface area contributed by atoms with Gasteiger partial charge < -0.3 is 30.7 Å². The molecule has 3 atom stereocenters. The molecule has 40 heavy (non-hydrogen) atoms. The van der Waals surface area contributed by atoms with Crippen molar-refractivity contribution in [3.05, 3.63) is 34.9 Å². The molecule has 0 aliphatic rings. The van der Waals surface area contributed by atoms with Crippen LogP contribution in [-0.4, -0.2) is 65.5 Å². The number of amides is 4. The first-order valence-corrected chi connectivity index (χ1v) is 13.7. The predicted octanol–water partition coefficient (Wildman–Crippen LogP) is 3.20. The molecule has 3 unspecified atom stereocenters. The van der Waals surface area contributed by atoms with Crippen molar-refractivity contribution in [1.82, 2.24) is 15.5 Å². The number of nitrogens with one attached hydrogen (secondary N) is 2. The topological polar surface area (TPSA) is 157 Å². The van der Waals surface area contributed by atoms with Crippen molar-refractivity contribution in [2.24, 2.45) is 5.73 Å². The van der Waals surface area contributed by atoms with Gasteiger partial charge in [-0.05, 0) is 72.4 Å². The molecule has 0 radical (unpaired) electrons. The summed E-state index contributed by atoms with van der Waals surface area (Å²) >= 11 is 0. The molecule has 1 aromatic carbocycles. The summed E-state index contributed by atoms with van der Waals surface area (Å²) in [6, 6.07) is 2.85. The molecule has 0 aliphatic heterocycles. The Hall–Kier alpha value is -3.63. The molecule has 0 spiro atoms. The van der Waals surface area contributed by atoms with E-state index in [1.165, 1.54) is 4.90 Å². The van der Waals surface area contributed by atoms with Gasteiger partial charge in [0, 0.05) is 19.0 Å². The number of hydrogen-bond donors (Lipinski definition) is 3. The highest BCUT2D eigenvalue weighted by Gasteiger charge is 2.39. The third-order valence-electron chi connectivity index (χ3n) is 6.17. The molecule has 0 saturated carbocycles. The van der Waals surface area contributed by atoms with Gasteiger partial charge >= 0.3 is 12.1 Å². The van der Waals surface area contributed by atoms with E-state index in [2.05, 4.69) is 10.6 Å². The summed E-state index contributed by atoms with van der Waals surface area (Å²) in [5.41, 5.74) is 6.91. The number of carbonyl (C=O) groups is 5. The van der Waals surface area contributed by atoms with Gasteiger partial charge in [0.1, 0.15) is 17.7 Å². The molecule has 4 N–H and O–H groups in total. The van der Waals surface area contributed by atoms with Crippen LogP contribution in [0, 0.1) is 13.8 Å². The summed E-state index contributed by atoms with van der Waals surface area (Å²) in [6.45, 7) is 14.5. The molecule has 0 heterocycles. The van der Waals surface area contributed by atoms with Crippen molar-refractivity contribution in [2.45, 2.75) is 105 Å². The summed E-state index contributed by atoms with van der Waals surface area (Å²) < 4.78 is 10.3. The maximum atomic E-state index is 14.2. The first-order chi connectivity index (χ1) is 18.6. The first-order valence-electron chi connectivity index (χ1n) is 13.7. The van der Waals surface area contributed by atoms with E-state index in [-0.39, 0.29) is 32.4 Å². The maximum Gasteiger partial charge on any atom is 0.408 e. The van der Waals surface area contributed by atoms with Gasteiger partial charge in [-0.2, -0.15) is 0 Å². The van der Waals surface area contributed by atoms with E-state index in [1.54, 1.807) is 40.7 Å². The predicted molar refractivity (Wildman–Crippen MR) is 151 cm³/mol.